The Labute approximate surface area is 163 Å². The average molecular weight is 377 g/mol. The van der Waals surface area contributed by atoms with Crippen LogP contribution in [-0.2, 0) is 0 Å². The molecule has 1 saturated carbocycles. The second-order valence-electron chi connectivity index (χ2n) is 7.10. The molecule has 0 spiro atoms. The first-order valence-corrected chi connectivity index (χ1v) is 11.7. The highest BCUT2D eigenvalue weighted by Gasteiger charge is 2.37. The van der Waals surface area contributed by atoms with Gasteiger partial charge in [0.1, 0.15) is 0 Å². The summed E-state index contributed by atoms with van der Waals surface area (Å²) in [5, 5.41) is 11.9. The van der Waals surface area contributed by atoms with Crippen molar-refractivity contribution in [1.82, 2.24) is 0 Å². The molecule has 3 heteroatoms. The van der Waals surface area contributed by atoms with Gasteiger partial charge in [0.2, 0.25) is 0 Å². The SMILES string of the molecule is OC1CCCCC1.O[Si](c1ccccc1)(c1ccccc1)c1ccccc1. The van der Waals surface area contributed by atoms with Gasteiger partial charge in [-0.05, 0) is 28.4 Å². The Kier molecular flexibility index (Phi) is 6.99. The minimum atomic E-state index is -2.88. The molecular formula is C24H28O2Si. The molecule has 4 rings (SSSR count). The summed E-state index contributed by atoms with van der Waals surface area (Å²) in [5.41, 5.74) is 0. The Bertz CT molecular complexity index is 688. The first kappa shape index (κ1) is 19.6. The number of rotatable bonds is 3. The second-order valence-corrected chi connectivity index (χ2v) is 10.3. The molecular weight excluding hydrogens is 348 g/mol. The van der Waals surface area contributed by atoms with E-state index in [1.54, 1.807) is 0 Å². The summed E-state index contributed by atoms with van der Waals surface area (Å²) in [5.74, 6) is 0. The van der Waals surface area contributed by atoms with E-state index in [2.05, 4.69) is 0 Å². The zero-order valence-corrected chi connectivity index (χ0v) is 16.7. The van der Waals surface area contributed by atoms with Crippen LogP contribution < -0.4 is 15.6 Å². The van der Waals surface area contributed by atoms with Crippen LogP contribution >= 0.6 is 0 Å². The molecule has 0 aliphatic heterocycles. The van der Waals surface area contributed by atoms with Crippen molar-refractivity contribution in [3.05, 3.63) is 91.0 Å². The maximum Gasteiger partial charge on any atom is 0.285 e. The molecule has 1 aliphatic carbocycles. The third-order valence-electron chi connectivity index (χ3n) is 5.15. The van der Waals surface area contributed by atoms with Gasteiger partial charge >= 0.3 is 0 Å². The van der Waals surface area contributed by atoms with Crippen LogP contribution in [0.3, 0.4) is 0 Å². The molecule has 0 atom stereocenters. The number of benzene rings is 3. The predicted octanol–water partition coefficient (Wildman–Crippen LogP) is 2.96. The molecule has 0 amide bonds. The van der Waals surface area contributed by atoms with Crippen LogP contribution in [0.15, 0.2) is 91.0 Å². The standard InChI is InChI=1S/C18H16OSi.C6H12O/c19-20(16-10-4-1-5-11-16,17-12-6-2-7-13-17)18-14-8-3-9-15-18;7-6-4-2-1-3-5-6/h1-15,19H;6-7H,1-5H2. The lowest BCUT2D eigenvalue weighted by Crippen LogP contribution is -2.67. The predicted molar refractivity (Wildman–Crippen MR) is 115 cm³/mol. The number of hydrogen-bond acceptors (Lipinski definition) is 2. The van der Waals surface area contributed by atoms with Crippen LogP contribution in [0.5, 0.6) is 0 Å². The molecule has 1 aliphatic rings. The van der Waals surface area contributed by atoms with E-state index in [0.29, 0.717) is 0 Å². The van der Waals surface area contributed by atoms with Crippen molar-refractivity contribution in [1.29, 1.82) is 0 Å². The average Bonchev–Trinajstić information content (AvgIpc) is 2.76. The van der Waals surface area contributed by atoms with E-state index in [0.717, 1.165) is 28.4 Å². The van der Waals surface area contributed by atoms with Crippen molar-refractivity contribution in [2.24, 2.45) is 0 Å². The van der Waals surface area contributed by atoms with E-state index < -0.39 is 8.32 Å². The molecule has 0 bridgehead atoms. The summed E-state index contributed by atoms with van der Waals surface area (Å²) in [6.07, 6.45) is 5.92. The number of aliphatic hydroxyl groups is 1. The fourth-order valence-corrected chi connectivity index (χ4v) is 6.64. The molecule has 140 valence electrons. The van der Waals surface area contributed by atoms with E-state index in [1.165, 1.54) is 19.3 Å². The first-order chi connectivity index (χ1) is 13.2. The maximum atomic E-state index is 11.6. The Balaban J connectivity index is 0.000000253. The van der Waals surface area contributed by atoms with Gasteiger partial charge in [0.05, 0.1) is 6.10 Å². The Morgan fingerprint density at radius 2 is 0.889 bits per heavy atom. The summed E-state index contributed by atoms with van der Waals surface area (Å²) >= 11 is 0. The van der Waals surface area contributed by atoms with Crippen LogP contribution in [0, 0.1) is 0 Å². The van der Waals surface area contributed by atoms with Crippen molar-refractivity contribution in [3.8, 4) is 0 Å². The molecule has 0 heterocycles. The van der Waals surface area contributed by atoms with Gasteiger partial charge < -0.3 is 9.90 Å². The van der Waals surface area contributed by atoms with Gasteiger partial charge in [0.15, 0.2) is 0 Å². The lowest BCUT2D eigenvalue weighted by molar-refractivity contribution is 0.130. The normalized spacial score (nSPS) is 14.9. The van der Waals surface area contributed by atoms with Crippen molar-refractivity contribution in [2.75, 3.05) is 0 Å². The van der Waals surface area contributed by atoms with Crippen molar-refractivity contribution < 1.29 is 9.90 Å². The van der Waals surface area contributed by atoms with Gasteiger partial charge in [-0.2, -0.15) is 0 Å². The Morgan fingerprint density at radius 1 is 0.556 bits per heavy atom. The molecule has 1 fully saturated rings. The smallest absolute Gasteiger partial charge is 0.285 e. The van der Waals surface area contributed by atoms with E-state index in [9.17, 15) is 4.80 Å². The largest absolute Gasteiger partial charge is 0.421 e. The molecule has 3 aromatic rings. The lowest BCUT2D eigenvalue weighted by Gasteiger charge is -2.26. The summed E-state index contributed by atoms with van der Waals surface area (Å²) in [6, 6.07) is 30.0. The zero-order valence-electron chi connectivity index (χ0n) is 15.7. The third-order valence-corrected chi connectivity index (χ3v) is 8.66. The van der Waals surface area contributed by atoms with E-state index >= 15 is 0 Å². The van der Waals surface area contributed by atoms with Crippen LogP contribution in [0.2, 0.25) is 0 Å². The first-order valence-electron chi connectivity index (χ1n) is 9.78. The molecule has 3 aromatic carbocycles. The van der Waals surface area contributed by atoms with Crippen molar-refractivity contribution in [3.63, 3.8) is 0 Å². The van der Waals surface area contributed by atoms with E-state index in [-0.39, 0.29) is 6.10 Å². The highest BCUT2D eigenvalue weighted by molar-refractivity contribution is 7.06. The quantitative estimate of drug-likeness (QED) is 0.545. The molecule has 0 unspecified atom stereocenters. The van der Waals surface area contributed by atoms with Crippen LogP contribution in [0.25, 0.3) is 0 Å². The summed E-state index contributed by atoms with van der Waals surface area (Å²) in [4.78, 5) is 11.6. The van der Waals surface area contributed by atoms with E-state index in [1.807, 2.05) is 91.0 Å². The molecule has 0 radical (unpaired) electrons. The third kappa shape index (κ3) is 4.95. The molecule has 0 aromatic heterocycles. The fraction of sp³-hybridized carbons (Fsp3) is 0.250. The summed E-state index contributed by atoms with van der Waals surface area (Å²) in [7, 11) is -2.88. The van der Waals surface area contributed by atoms with Gasteiger partial charge in [-0.1, -0.05) is 110 Å². The maximum absolute atomic E-state index is 11.6. The summed E-state index contributed by atoms with van der Waals surface area (Å²) < 4.78 is 0. The lowest BCUT2D eigenvalue weighted by atomic mass is 9.98. The second kappa shape index (κ2) is 9.65. The zero-order chi connectivity index (χ0) is 19.0. The number of hydrogen-bond donors (Lipinski definition) is 2. The monoisotopic (exact) mass is 376 g/mol. The van der Waals surface area contributed by atoms with Crippen LogP contribution in [0.1, 0.15) is 32.1 Å². The minimum absolute atomic E-state index is 0.0359. The topological polar surface area (TPSA) is 40.5 Å². The van der Waals surface area contributed by atoms with Crippen molar-refractivity contribution >= 4 is 23.9 Å². The fourth-order valence-electron chi connectivity index (χ4n) is 3.62. The van der Waals surface area contributed by atoms with E-state index in [4.69, 9.17) is 5.11 Å². The molecule has 2 N–H and O–H groups in total. The highest BCUT2D eigenvalue weighted by Crippen LogP contribution is 2.16. The van der Waals surface area contributed by atoms with Crippen molar-refractivity contribution in [2.45, 2.75) is 38.2 Å². The minimum Gasteiger partial charge on any atom is -0.421 e. The van der Waals surface area contributed by atoms with Crippen LogP contribution in [0.4, 0.5) is 0 Å². The Morgan fingerprint density at radius 3 is 1.15 bits per heavy atom. The molecule has 2 nitrogen and oxygen atoms in total. The van der Waals surface area contributed by atoms with Gasteiger partial charge in [0, 0.05) is 0 Å². The van der Waals surface area contributed by atoms with Gasteiger partial charge in [0.25, 0.3) is 8.32 Å². The molecule has 27 heavy (non-hydrogen) atoms. The highest BCUT2D eigenvalue weighted by atomic mass is 28.4. The Hall–Kier alpha value is -2.20. The van der Waals surface area contributed by atoms with Gasteiger partial charge in [-0.15, -0.1) is 0 Å². The summed E-state index contributed by atoms with van der Waals surface area (Å²) in [6.45, 7) is 0. The van der Waals surface area contributed by atoms with Gasteiger partial charge in [-0.3, -0.25) is 0 Å². The van der Waals surface area contributed by atoms with Crippen LogP contribution in [-0.4, -0.2) is 24.3 Å². The molecule has 0 saturated heterocycles. The van der Waals surface area contributed by atoms with Gasteiger partial charge in [-0.25, -0.2) is 0 Å². The number of aliphatic hydroxyl groups excluding tert-OH is 1.